The number of carbonyl (C=O) groups excluding carboxylic acids is 3. The van der Waals surface area contributed by atoms with Gasteiger partial charge < -0.3 is 10.1 Å². The Labute approximate surface area is 164 Å². The molecule has 0 radical (unpaired) electrons. The van der Waals surface area contributed by atoms with Crippen molar-refractivity contribution in [2.75, 3.05) is 7.11 Å². The number of amides is 3. The van der Waals surface area contributed by atoms with Crippen LogP contribution in [0.3, 0.4) is 0 Å². The Bertz CT molecular complexity index is 843. The van der Waals surface area contributed by atoms with Gasteiger partial charge in [-0.05, 0) is 41.8 Å². The summed E-state index contributed by atoms with van der Waals surface area (Å²) in [6.45, 7) is 2.27. The van der Waals surface area contributed by atoms with Crippen LogP contribution in [0.2, 0.25) is 0 Å². The summed E-state index contributed by atoms with van der Waals surface area (Å²) >= 11 is 0. The first-order chi connectivity index (χ1) is 13.5. The van der Waals surface area contributed by atoms with Gasteiger partial charge in [0.15, 0.2) is 0 Å². The molecule has 28 heavy (non-hydrogen) atoms. The van der Waals surface area contributed by atoms with E-state index in [-0.39, 0.29) is 43.1 Å². The van der Waals surface area contributed by atoms with Crippen molar-refractivity contribution >= 4 is 17.7 Å². The Kier molecular flexibility index (Phi) is 6.09. The molecule has 1 fully saturated rings. The molecule has 0 saturated carbocycles. The van der Waals surface area contributed by atoms with Crippen LogP contribution >= 0.6 is 0 Å². The Morgan fingerprint density at radius 3 is 2.18 bits per heavy atom. The minimum atomic E-state index is -0.164. The second-order valence-corrected chi connectivity index (χ2v) is 6.78. The number of hydrogen-bond donors (Lipinski definition) is 1. The Morgan fingerprint density at radius 2 is 1.64 bits per heavy atom. The normalized spacial score (nSPS) is 14.9. The molecule has 1 atom stereocenters. The summed E-state index contributed by atoms with van der Waals surface area (Å²) in [6.07, 6.45) is 1.32. The van der Waals surface area contributed by atoms with Crippen molar-refractivity contribution in [2.24, 2.45) is 0 Å². The van der Waals surface area contributed by atoms with Crippen LogP contribution in [0.25, 0.3) is 0 Å². The minimum Gasteiger partial charge on any atom is -0.497 e. The molecule has 1 aliphatic heterocycles. The molecule has 1 aliphatic rings. The fourth-order valence-electron chi connectivity index (χ4n) is 3.24. The van der Waals surface area contributed by atoms with Crippen molar-refractivity contribution in [1.82, 2.24) is 10.2 Å². The monoisotopic (exact) mass is 380 g/mol. The van der Waals surface area contributed by atoms with Crippen molar-refractivity contribution in [1.29, 1.82) is 0 Å². The molecule has 6 nitrogen and oxygen atoms in total. The summed E-state index contributed by atoms with van der Waals surface area (Å²) in [5, 5.41) is 3.05. The Hall–Kier alpha value is -3.15. The summed E-state index contributed by atoms with van der Waals surface area (Å²) in [5.74, 6) is 0.326. The van der Waals surface area contributed by atoms with Crippen LogP contribution in [0, 0.1) is 0 Å². The molecule has 0 bridgehead atoms. The van der Waals surface area contributed by atoms with Gasteiger partial charge in [0.25, 0.3) is 5.91 Å². The van der Waals surface area contributed by atoms with Crippen molar-refractivity contribution in [3.05, 3.63) is 65.2 Å². The van der Waals surface area contributed by atoms with Gasteiger partial charge in [-0.2, -0.15) is 0 Å². The highest BCUT2D eigenvalue weighted by molar-refractivity contribution is 6.01. The third-order valence-corrected chi connectivity index (χ3v) is 4.94. The molecule has 1 N–H and O–H groups in total. The molecular formula is C22H24N2O4. The first kappa shape index (κ1) is 19.6. The summed E-state index contributed by atoms with van der Waals surface area (Å²) in [5.41, 5.74) is 2.37. The molecular weight excluding hydrogens is 356 g/mol. The van der Waals surface area contributed by atoms with Gasteiger partial charge in [-0.15, -0.1) is 0 Å². The number of rotatable bonds is 7. The maximum Gasteiger partial charge on any atom is 0.251 e. The maximum absolute atomic E-state index is 12.6. The number of imide groups is 1. The number of nitrogens with one attached hydrogen (secondary N) is 1. The van der Waals surface area contributed by atoms with E-state index in [1.165, 1.54) is 4.90 Å². The van der Waals surface area contributed by atoms with Gasteiger partial charge >= 0.3 is 0 Å². The molecule has 2 aromatic rings. The lowest BCUT2D eigenvalue weighted by Crippen LogP contribution is -2.29. The first-order valence-corrected chi connectivity index (χ1v) is 9.38. The molecule has 3 amide bonds. The summed E-state index contributed by atoms with van der Waals surface area (Å²) < 4.78 is 5.17. The van der Waals surface area contributed by atoms with Gasteiger partial charge in [0.05, 0.1) is 19.7 Å². The molecule has 1 saturated heterocycles. The van der Waals surface area contributed by atoms with Gasteiger partial charge in [0.1, 0.15) is 5.75 Å². The Balaban J connectivity index is 1.64. The fourth-order valence-corrected chi connectivity index (χ4v) is 3.24. The van der Waals surface area contributed by atoms with Crippen LogP contribution in [0.15, 0.2) is 48.5 Å². The molecule has 0 unspecified atom stereocenters. The molecule has 0 spiro atoms. The minimum absolute atomic E-state index is 0.0991. The van der Waals surface area contributed by atoms with Crippen molar-refractivity contribution < 1.29 is 19.1 Å². The van der Waals surface area contributed by atoms with E-state index in [4.69, 9.17) is 4.74 Å². The quantitative estimate of drug-likeness (QED) is 0.749. The van der Waals surface area contributed by atoms with Crippen LogP contribution in [0.4, 0.5) is 0 Å². The number of nitrogens with zero attached hydrogens (tertiary/aromatic N) is 1. The van der Waals surface area contributed by atoms with Gasteiger partial charge in [0.2, 0.25) is 11.8 Å². The number of benzene rings is 2. The van der Waals surface area contributed by atoms with E-state index >= 15 is 0 Å². The molecule has 146 valence electrons. The Morgan fingerprint density at radius 1 is 1.04 bits per heavy atom. The van der Waals surface area contributed by atoms with E-state index in [2.05, 4.69) is 5.32 Å². The standard InChI is InChI=1S/C22H24N2O4/c1-3-19(16-8-10-18(28-2)11-9-16)23-22(27)17-6-4-15(5-7-17)14-24-20(25)12-13-21(24)26/h4-11,19H,3,12-14H2,1-2H3,(H,23,27)/t19-/m1/s1. The lowest BCUT2D eigenvalue weighted by Gasteiger charge is -2.18. The first-order valence-electron chi connectivity index (χ1n) is 9.38. The zero-order valence-corrected chi connectivity index (χ0v) is 16.1. The van der Waals surface area contributed by atoms with E-state index in [0.29, 0.717) is 5.56 Å². The molecule has 0 aromatic heterocycles. The van der Waals surface area contributed by atoms with E-state index in [9.17, 15) is 14.4 Å². The van der Waals surface area contributed by atoms with Gasteiger partial charge in [-0.25, -0.2) is 0 Å². The largest absolute Gasteiger partial charge is 0.497 e. The van der Waals surface area contributed by atoms with E-state index in [1.807, 2.05) is 31.2 Å². The number of hydrogen-bond acceptors (Lipinski definition) is 4. The molecule has 6 heteroatoms. The fraction of sp³-hybridized carbons (Fsp3) is 0.318. The lowest BCUT2D eigenvalue weighted by atomic mass is 10.0. The molecule has 2 aromatic carbocycles. The second-order valence-electron chi connectivity index (χ2n) is 6.78. The van der Waals surface area contributed by atoms with E-state index in [1.54, 1.807) is 31.4 Å². The molecule has 3 rings (SSSR count). The lowest BCUT2D eigenvalue weighted by molar-refractivity contribution is -0.139. The summed E-state index contributed by atoms with van der Waals surface area (Å²) in [6, 6.07) is 14.5. The summed E-state index contributed by atoms with van der Waals surface area (Å²) in [7, 11) is 1.62. The maximum atomic E-state index is 12.6. The van der Waals surface area contributed by atoms with E-state index < -0.39 is 0 Å². The highest BCUT2D eigenvalue weighted by Crippen LogP contribution is 2.21. The summed E-state index contributed by atoms with van der Waals surface area (Å²) in [4.78, 5) is 37.3. The van der Waals surface area contributed by atoms with E-state index in [0.717, 1.165) is 23.3 Å². The van der Waals surface area contributed by atoms with Gasteiger partial charge in [-0.3, -0.25) is 19.3 Å². The van der Waals surface area contributed by atoms with Gasteiger partial charge in [-0.1, -0.05) is 31.2 Å². The third-order valence-electron chi connectivity index (χ3n) is 4.94. The van der Waals surface area contributed by atoms with Gasteiger partial charge in [0, 0.05) is 18.4 Å². The number of likely N-dealkylation sites (tertiary alicyclic amines) is 1. The van der Waals surface area contributed by atoms with Crippen LogP contribution in [-0.2, 0) is 16.1 Å². The SMILES string of the molecule is CC[C@@H](NC(=O)c1ccc(CN2C(=O)CCC2=O)cc1)c1ccc(OC)cc1. The van der Waals surface area contributed by atoms with Crippen molar-refractivity contribution in [2.45, 2.75) is 38.8 Å². The average molecular weight is 380 g/mol. The van der Waals surface area contributed by atoms with Crippen molar-refractivity contribution in [3.63, 3.8) is 0 Å². The molecule has 1 heterocycles. The third kappa shape index (κ3) is 4.39. The number of ether oxygens (including phenoxy) is 1. The second kappa shape index (κ2) is 8.69. The predicted octanol–water partition coefficient (Wildman–Crippen LogP) is 3.23. The van der Waals surface area contributed by atoms with Crippen LogP contribution in [0.5, 0.6) is 5.75 Å². The van der Waals surface area contributed by atoms with Crippen LogP contribution in [0.1, 0.15) is 53.7 Å². The highest BCUT2D eigenvalue weighted by atomic mass is 16.5. The average Bonchev–Trinajstić information content (AvgIpc) is 3.04. The zero-order chi connectivity index (χ0) is 20.1. The highest BCUT2D eigenvalue weighted by Gasteiger charge is 2.28. The number of methoxy groups -OCH3 is 1. The number of carbonyl (C=O) groups is 3. The smallest absolute Gasteiger partial charge is 0.251 e. The zero-order valence-electron chi connectivity index (χ0n) is 16.1. The van der Waals surface area contributed by atoms with Crippen LogP contribution < -0.4 is 10.1 Å². The van der Waals surface area contributed by atoms with Crippen LogP contribution in [-0.4, -0.2) is 29.7 Å². The van der Waals surface area contributed by atoms with Crippen molar-refractivity contribution in [3.8, 4) is 5.75 Å². The molecule has 0 aliphatic carbocycles. The topological polar surface area (TPSA) is 75.7 Å². The predicted molar refractivity (Wildman–Crippen MR) is 105 cm³/mol.